The highest BCUT2D eigenvalue weighted by molar-refractivity contribution is 7.45. The monoisotopic (exact) mass is 853 g/mol. The Balaban J connectivity index is 0.00000107. The maximum Gasteiger partial charge on any atom is 0.466 e. The van der Waals surface area contributed by atoms with Crippen LogP contribution in [0, 0.1) is 11.7 Å². The predicted molar refractivity (Wildman–Crippen MR) is 220 cm³/mol. The number of Topliss-reactive ketones (excluding diaryl/α,β-unsaturated/α-hetero) is 1. The quantitative estimate of drug-likeness (QED) is 0.172. The molecule has 17 nitrogen and oxygen atoms in total. The van der Waals surface area contributed by atoms with E-state index in [2.05, 4.69) is 9.98 Å². The molecule has 7 rings (SSSR count). The zero-order chi connectivity index (χ0) is 42.3. The van der Waals surface area contributed by atoms with Crippen LogP contribution in [0.4, 0.5) is 10.2 Å². The molecule has 2 aromatic carbocycles. The summed E-state index contributed by atoms with van der Waals surface area (Å²) in [5.74, 6) is 0.343. The fourth-order valence-electron chi connectivity index (χ4n) is 7.11. The van der Waals surface area contributed by atoms with Gasteiger partial charge in [-0.25, -0.2) is 13.9 Å². The number of phosphoric acid groups is 1. The summed E-state index contributed by atoms with van der Waals surface area (Å²) in [6.07, 6.45) is 6.66. The van der Waals surface area contributed by atoms with Gasteiger partial charge >= 0.3 is 7.82 Å². The van der Waals surface area contributed by atoms with Crippen LogP contribution in [0.25, 0.3) is 28.0 Å². The van der Waals surface area contributed by atoms with Crippen molar-refractivity contribution in [2.24, 2.45) is 16.6 Å². The zero-order valence-corrected chi connectivity index (χ0v) is 34.0. The molecule has 4 aliphatic heterocycles. The van der Waals surface area contributed by atoms with Crippen molar-refractivity contribution in [3.05, 3.63) is 89.2 Å². The molecule has 3 aromatic rings. The van der Waals surface area contributed by atoms with Gasteiger partial charge in [-0.3, -0.25) is 14.6 Å². The van der Waals surface area contributed by atoms with Crippen LogP contribution in [0.3, 0.4) is 0 Å². The van der Waals surface area contributed by atoms with Crippen LogP contribution in [-0.2, 0) is 28.4 Å². The first kappa shape index (κ1) is 45.8. The SMILES string of the molecule is COc1cc(-c2cnc(N)c(-c3ccc(C4=C(C5=NC=C(C)C(=O)C5)CC(C(N)=O)=CN4CC4CCOCC4)cc3F)c2)ccc1OC[C@H]1COCCO1.O.O=P(O)(O)O. The van der Waals surface area contributed by atoms with E-state index >= 15 is 4.39 Å². The van der Waals surface area contributed by atoms with Gasteiger partial charge in [0, 0.05) is 83.7 Å². The van der Waals surface area contributed by atoms with Crippen LogP contribution in [0.2, 0.25) is 0 Å². The predicted octanol–water partition coefficient (Wildman–Crippen LogP) is 3.72. The lowest BCUT2D eigenvalue weighted by Crippen LogP contribution is -2.34. The van der Waals surface area contributed by atoms with Gasteiger partial charge in [0.25, 0.3) is 0 Å². The number of benzene rings is 2. The number of nitrogen functional groups attached to an aromatic ring is 1. The first-order valence-corrected chi connectivity index (χ1v) is 20.4. The number of nitrogens with zero attached hydrogens (tertiary/aromatic N) is 3. The number of halogens is 1. The van der Waals surface area contributed by atoms with E-state index in [1.165, 1.54) is 6.07 Å². The molecule has 0 radical (unpaired) electrons. The molecular weight excluding hydrogens is 804 g/mol. The summed E-state index contributed by atoms with van der Waals surface area (Å²) in [5, 5.41) is 0. The average molecular weight is 854 g/mol. The Labute approximate surface area is 345 Å². The smallest absolute Gasteiger partial charge is 0.466 e. The number of allylic oxidation sites excluding steroid dienone is 2. The van der Waals surface area contributed by atoms with Gasteiger partial charge in [0.15, 0.2) is 17.3 Å². The van der Waals surface area contributed by atoms with Crippen molar-refractivity contribution in [2.75, 3.05) is 59.0 Å². The van der Waals surface area contributed by atoms with Crippen LogP contribution in [0.5, 0.6) is 11.5 Å². The Kier molecular flexibility index (Phi) is 15.5. The maximum atomic E-state index is 16.5. The van der Waals surface area contributed by atoms with E-state index in [0.717, 1.165) is 18.4 Å². The van der Waals surface area contributed by atoms with Gasteiger partial charge < -0.3 is 60.2 Å². The van der Waals surface area contributed by atoms with E-state index in [1.807, 2.05) is 29.2 Å². The number of ketones is 1. The van der Waals surface area contributed by atoms with E-state index in [4.69, 9.17) is 54.4 Å². The number of nitrogens with two attached hydrogens (primary N) is 2. The number of hydrogen-bond donors (Lipinski definition) is 5. The fraction of sp³-hybridized carbons (Fsp3) is 0.366. The van der Waals surface area contributed by atoms with Crippen LogP contribution in [-0.4, -0.2) is 107 Å². The zero-order valence-electron chi connectivity index (χ0n) is 33.1. The molecule has 0 unspecified atom stereocenters. The van der Waals surface area contributed by atoms with Crippen molar-refractivity contribution in [3.8, 4) is 33.8 Å². The number of rotatable bonds is 11. The molecule has 0 aliphatic carbocycles. The molecule has 5 heterocycles. The van der Waals surface area contributed by atoms with Gasteiger partial charge in [-0.2, -0.15) is 0 Å². The topological polar surface area (TPSA) is 270 Å². The second-order valence-electron chi connectivity index (χ2n) is 14.3. The summed E-state index contributed by atoms with van der Waals surface area (Å²) in [6.45, 7) is 5.42. The lowest BCUT2D eigenvalue weighted by Gasteiger charge is -2.36. The van der Waals surface area contributed by atoms with Gasteiger partial charge in [0.05, 0.1) is 44.8 Å². The Morgan fingerprint density at radius 1 is 0.983 bits per heavy atom. The van der Waals surface area contributed by atoms with Gasteiger partial charge in [-0.1, -0.05) is 18.2 Å². The molecule has 0 spiro atoms. The van der Waals surface area contributed by atoms with Crippen molar-refractivity contribution in [3.63, 3.8) is 0 Å². The van der Waals surface area contributed by atoms with Crippen molar-refractivity contribution < 1.29 is 62.4 Å². The number of anilines is 1. The number of aliphatic imine (C=N–C) groups is 1. The summed E-state index contributed by atoms with van der Waals surface area (Å²) in [4.78, 5) is 58.0. The third-order valence-corrected chi connectivity index (χ3v) is 10.2. The largest absolute Gasteiger partial charge is 0.493 e. The van der Waals surface area contributed by atoms with Gasteiger partial charge in [0.2, 0.25) is 5.91 Å². The van der Waals surface area contributed by atoms with E-state index in [0.29, 0.717) is 103 Å². The first-order chi connectivity index (χ1) is 28.2. The van der Waals surface area contributed by atoms with Gasteiger partial charge in [-0.05, 0) is 55.5 Å². The molecule has 1 aromatic heterocycles. The fourth-order valence-corrected chi connectivity index (χ4v) is 7.11. The summed E-state index contributed by atoms with van der Waals surface area (Å²) in [5.41, 5.74) is 17.7. The number of primary amides is 1. The molecule has 19 heteroatoms. The van der Waals surface area contributed by atoms with Gasteiger partial charge in [0.1, 0.15) is 24.3 Å². The minimum Gasteiger partial charge on any atom is -0.493 e. The number of pyridine rings is 1. The molecule has 2 saturated heterocycles. The summed E-state index contributed by atoms with van der Waals surface area (Å²) in [7, 11) is -3.07. The normalized spacial score (nSPS) is 18.6. The van der Waals surface area contributed by atoms with E-state index in [9.17, 15) is 9.59 Å². The molecular formula is C41H49FN5O12P. The third kappa shape index (κ3) is 11.7. The van der Waals surface area contributed by atoms with E-state index in [1.54, 1.807) is 44.8 Å². The average Bonchev–Trinajstić information content (AvgIpc) is 3.21. The Hall–Kier alpha value is -5.30. The van der Waals surface area contributed by atoms with Crippen molar-refractivity contribution in [2.45, 2.75) is 38.7 Å². The van der Waals surface area contributed by atoms with Crippen LogP contribution < -0.4 is 20.9 Å². The number of methoxy groups -OCH3 is 1. The van der Waals surface area contributed by atoms with E-state index in [-0.39, 0.29) is 47.5 Å². The molecule has 1 amide bonds. The molecule has 322 valence electrons. The number of amides is 1. The van der Waals surface area contributed by atoms with Crippen LogP contribution >= 0.6 is 7.82 Å². The molecule has 2 fully saturated rings. The number of hydrogen-bond acceptors (Lipinski definition) is 12. The highest BCUT2D eigenvalue weighted by Crippen LogP contribution is 2.40. The lowest BCUT2D eigenvalue weighted by molar-refractivity contribution is -0.115. The third-order valence-electron chi connectivity index (χ3n) is 10.2. The molecule has 4 aliphatic rings. The first-order valence-electron chi connectivity index (χ1n) is 18.9. The Morgan fingerprint density at radius 2 is 1.72 bits per heavy atom. The number of carbonyl (C=O) groups is 2. The van der Waals surface area contributed by atoms with Crippen molar-refractivity contribution in [1.29, 1.82) is 0 Å². The summed E-state index contributed by atoms with van der Waals surface area (Å²) >= 11 is 0. The van der Waals surface area contributed by atoms with Crippen LogP contribution in [0.15, 0.2) is 82.8 Å². The second-order valence-corrected chi connectivity index (χ2v) is 15.4. The number of aromatic nitrogens is 1. The van der Waals surface area contributed by atoms with Crippen molar-refractivity contribution in [1.82, 2.24) is 9.88 Å². The minimum absolute atomic E-state index is 0. The van der Waals surface area contributed by atoms with Crippen LogP contribution in [0.1, 0.15) is 38.2 Å². The molecule has 0 bridgehead atoms. The highest BCUT2D eigenvalue weighted by Gasteiger charge is 2.31. The molecule has 9 N–H and O–H groups in total. The standard InChI is InChI=1S/C41H44FN5O7.H3O4P.H2O/c1-24-18-45-35(17-36(24)48)33-14-29(41(44)49)21-47(20-25-7-9-51-10-8-25)39(33)27-3-5-31(34(42)15-27)32-13-28(19-46-40(32)43)26-4-6-37(38(16-26)50-2)54-23-30-22-52-11-12-53-30;1-5(2,3)4;/h3-6,13,15-16,18-19,21,25,30H,7-12,14,17,20,22-23H2,1-2H3,(H2,43,46)(H2,44,49);(H3,1,2,3,4);1H2/t30-;;/m1../s1. The Morgan fingerprint density at radius 3 is 2.37 bits per heavy atom. The van der Waals surface area contributed by atoms with E-state index < -0.39 is 19.5 Å². The molecule has 1 atom stereocenters. The maximum absolute atomic E-state index is 16.5. The number of carbonyl (C=O) groups excluding carboxylic acids is 2. The lowest BCUT2D eigenvalue weighted by atomic mass is 9.87. The van der Waals surface area contributed by atoms with Crippen molar-refractivity contribution >= 4 is 36.7 Å². The molecule has 60 heavy (non-hydrogen) atoms. The number of ether oxygens (including phenoxy) is 5. The summed E-state index contributed by atoms with van der Waals surface area (Å²) < 4.78 is 53.8. The highest BCUT2D eigenvalue weighted by atomic mass is 31.2. The molecule has 0 saturated carbocycles. The van der Waals surface area contributed by atoms with Gasteiger partial charge in [-0.15, -0.1) is 0 Å². The summed E-state index contributed by atoms with van der Waals surface area (Å²) in [6, 6.07) is 12.3. The Bertz CT molecular complexity index is 2240. The minimum atomic E-state index is -4.64. The second kappa shape index (κ2) is 20.3.